The van der Waals surface area contributed by atoms with E-state index < -0.39 is 8.56 Å². The molecule has 0 fully saturated rings. The van der Waals surface area contributed by atoms with Crippen molar-refractivity contribution in [1.29, 1.82) is 0 Å². The van der Waals surface area contributed by atoms with Crippen molar-refractivity contribution < 1.29 is 13.6 Å². The standard InChI is InChI=1S/C10H25NO3Si/c1-6-14-10(2)11-8-7-9-15(5,12-3)13-4/h10-11H,6-9H2,1-5H3. The van der Waals surface area contributed by atoms with Gasteiger partial charge in [-0.25, -0.2) is 0 Å². The molecule has 0 aliphatic heterocycles. The Morgan fingerprint density at radius 2 is 1.87 bits per heavy atom. The number of hydrogen-bond acceptors (Lipinski definition) is 4. The van der Waals surface area contributed by atoms with Gasteiger partial charge >= 0.3 is 8.56 Å². The maximum Gasteiger partial charge on any atom is 0.334 e. The SMILES string of the molecule is CCOC(C)NCCC[Si](C)(OC)OC. The molecule has 1 N–H and O–H groups in total. The fourth-order valence-electron chi connectivity index (χ4n) is 1.31. The number of hydrogen-bond donors (Lipinski definition) is 1. The predicted octanol–water partition coefficient (Wildman–Crippen LogP) is 1.71. The second-order valence-electron chi connectivity index (χ2n) is 3.70. The van der Waals surface area contributed by atoms with Crippen molar-refractivity contribution in [3.05, 3.63) is 0 Å². The smallest absolute Gasteiger partial charge is 0.334 e. The average Bonchev–Trinajstić information content (AvgIpc) is 2.24. The Labute approximate surface area is 94.5 Å². The summed E-state index contributed by atoms with van der Waals surface area (Å²) in [5, 5.41) is 3.29. The van der Waals surface area contributed by atoms with Crippen LogP contribution in [0, 0.1) is 0 Å². The van der Waals surface area contributed by atoms with Crippen LogP contribution in [0.4, 0.5) is 0 Å². The van der Waals surface area contributed by atoms with Crippen LogP contribution in [0.2, 0.25) is 12.6 Å². The van der Waals surface area contributed by atoms with Gasteiger partial charge in [0.25, 0.3) is 0 Å². The van der Waals surface area contributed by atoms with Gasteiger partial charge in [0.15, 0.2) is 0 Å². The first kappa shape index (κ1) is 15.1. The van der Waals surface area contributed by atoms with Gasteiger partial charge in [-0.05, 0) is 39.4 Å². The van der Waals surface area contributed by atoms with Gasteiger partial charge in [-0.2, -0.15) is 0 Å². The molecule has 0 bridgehead atoms. The van der Waals surface area contributed by atoms with E-state index >= 15 is 0 Å². The molecule has 0 spiro atoms. The highest BCUT2D eigenvalue weighted by molar-refractivity contribution is 6.65. The molecule has 0 aromatic heterocycles. The average molecular weight is 235 g/mol. The van der Waals surface area contributed by atoms with E-state index in [-0.39, 0.29) is 6.23 Å². The van der Waals surface area contributed by atoms with Crippen molar-refractivity contribution in [1.82, 2.24) is 5.32 Å². The second-order valence-corrected chi connectivity index (χ2v) is 7.28. The lowest BCUT2D eigenvalue weighted by Crippen LogP contribution is -2.37. The third-order valence-corrected chi connectivity index (χ3v) is 5.51. The molecule has 5 heteroatoms. The van der Waals surface area contributed by atoms with Crippen molar-refractivity contribution in [2.24, 2.45) is 0 Å². The van der Waals surface area contributed by atoms with Crippen LogP contribution in [0.15, 0.2) is 0 Å². The first-order chi connectivity index (χ1) is 7.08. The minimum atomic E-state index is -1.87. The van der Waals surface area contributed by atoms with E-state index in [1.54, 1.807) is 14.2 Å². The summed E-state index contributed by atoms with van der Waals surface area (Å²) < 4.78 is 16.2. The van der Waals surface area contributed by atoms with Gasteiger partial charge in [0.2, 0.25) is 0 Å². The summed E-state index contributed by atoms with van der Waals surface area (Å²) in [5.41, 5.74) is 0. The van der Waals surface area contributed by atoms with E-state index in [2.05, 4.69) is 11.9 Å². The zero-order chi connectivity index (χ0) is 11.7. The van der Waals surface area contributed by atoms with E-state index in [9.17, 15) is 0 Å². The van der Waals surface area contributed by atoms with E-state index in [0.29, 0.717) is 0 Å². The molecule has 92 valence electrons. The molecular weight excluding hydrogens is 210 g/mol. The molecule has 1 atom stereocenters. The van der Waals surface area contributed by atoms with Gasteiger partial charge in [0, 0.05) is 20.8 Å². The highest BCUT2D eigenvalue weighted by atomic mass is 28.4. The Kier molecular flexibility index (Phi) is 8.27. The molecule has 0 saturated heterocycles. The van der Waals surface area contributed by atoms with Crippen LogP contribution in [0.25, 0.3) is 0 Å². The second kappa shape index (κ2) is 8.24. The van der Waals surface area contributed by atoms with Gasteiger partial charge in [0.1, 0.15) is 6.23 Å². The molecule has 0 amide bonds. The Morgan fingerprint density at radius 3 is 2.33 bits per heavy atom. The van der Waals surface area contributed by atoms with E-state index in [1.165, 1.54) is 0 Å². The summed E-state index contributed by atoms with van der Waals surface area (Å²) in [6.07, 6.45) is 1.19. The zero-order valence-electron chi connectivity index (χ0n) is 10.6. The minimum Gasteiger partial charge on any atom is -0.398 e. The summed E-state index contributed by atoms with van der Waals surface area (Å²) in [4.78, 5) is 0. The van der Waals surface area contributed by atoms with Crippen LogP contribution in [0.5, 0.6) is 0 Å². The van der Waals surface area contributed by atoms with Crippen molar-refractivity contribution in [3.8, 4) is 0 Å². The van der Waals surface area contributed by atoms with Gasteiger partial charge < -0.3 is 13.6 Å². The van der Waals surface area contributed by atoms with Crippen LogP contribution in [0.1, 0.15) is 20.3 Å². The molecule has 0 aromatic carbocycles. The van der Waals surface area contributed by atoms with Gasteiger partial charge in [0.05, 0.1) is 0 Å². The Bertz CT molecular complexity index is 154. The van der Waals surface area contributed by atoms with Crippen molar-refractivity contribution >= 4 is 8.56 Å². The third-order valence-electron chi connectivity index (χ3n) is 2.52. The number of ether oxygens (including phenoxy) is 1. The van der Waals surface area contributed by atoms with Crippen LogP contribution in [0.3, 0.4) is 0 Å². The molecule has 15 heavy (non-hydrogen) atoms. The predicted molar refractivity (Wildman–Crippen MR) is 64.2 cm³/mol. The van der Waals surface area contributed by atoms with Crippen LogP contribution in [-0.2, 0) is 13.6 Å². The highest BCUT2D eigenvalue weighted by Crippen LogP contribution is 2.12. The first-order valence-electron chi connectivity index (χ1n) is 5.53. The maximum atomic E-state index is 5.40. The number of nitrogens with one attached hydrogen (secondary N) is 1. The lowest BCUT2D eigenvalue weighted by atomic mass is 10.4. The van der Waals surface area contributed by atoms with E-state index in [4.69, 9.17) is 13.6 Å². The fraction of sp³-hybridized carbons (Fsp3) is 1.00. The zero-order valence-corrected chi connectivity index (χ0v) is 11.6. The molecule has 0 aromatic rings. The molecule has 0 aliphatic rings. The normalized spacial score (nSPS) is 14.2. The number of rotatable bonds is 9. The summed E-state index contributed by atoms with van der Waals surface area (Å²) >= 11 is 0. The van der Waals surface area contributed by atoms with Crippen LogP contribution in [-0.4, -0.2) is 42.2 Å². The molecule has 0 heterocycles. The Morgan fingerprint density at radius 1 is 1.27 bits per heavy atom. The van der Waals surface area contributed by atoms with Crippen molar-refractivity contribution in [2.75, 3.05) is 27.4 Å². The lowest BCUT2D eigenvalue weighted by molar-refractivity contribution is 0.0521. The molecular formula is C10H25NO3Si. The van der Waals surface area contributed by atoms with Gasteiger partial charge in [-0.3, -0.25) is 5.32 Å². The summed E-state index contributed by atoms with van der Waals surface area (Å²) in [5.74, 6) is 0. The summed E-state index contributed by atoms with van der Waals surface area (Å²) in [6.45, 7) is 7.79. The molecule has 1 unspecified atom stereocenters. The molecule has 0 aliphatic carbocycles. The van der Waals surface area contributed by atoms with Crippen molar-refractivity contribution in [3.63, 3.8) is 0 Å². The van der Waals surface area contributed by atoms with Crippen LogP contribution < -0.4 is 5.32 Å². The topological polar surface area (TPSA) is 39.7 Å². The Balaban J connectivity index is 3.52. The maximum absolute atomic E-state index is 5.40. The van der Waals surface area contributed by atoms with Gasteiger partial charge in [-0.1, -0.05) is 0 Å². The first-order valence-corrected chi connectivity index (χ1v) is 8.05. The Hall–Kier alpha value is 0.0569. The highest BCUT2D eigenvalue weighted by Gasteiger charge is 2.27. The van der Waals surface area contributed by atoms with Gasteiger partial charge in [-0.15, -0.1) is 0 Å². The lowest BCUT2D eigenvalue weighted by Gasteiger charge is -2.23. The third kappa shape index (κ3) is 7.02. The molecule has 0 saturated carbocycles. The quantitative estimate of drug-likeness (QED) is 0.375. The monoisotopic (exact) mass is 235 g/mol. The van der Waals surface area contributed by atoms with E-state index in [0.717, 1.165) is 25.6 Å². The molecule has 0 radical (unpaired) electrons. The fourth-order valence-corrected chi connectivity index (χ4v) is 2.71. The molecule has 0 rings (SSSR count). The summed E-state index contributed by atoms with van der Waals surface area (Å²) in [6, 6.07) is 1.01. The van der Waals surface area contributed by atoms with Crippen molar-refractivity contribution in [2.45, 2.75) is 39.1 Å². The minimum absolute atomic E-state index is 0.132. The van der Waals surface area contributed by atoms with Crippen LogP contribution >= 0.6 is 0 Å². The molecule has 4 nitrogen and oxygen atoms in total. The largest absolute Gasteiger partial charge is 0.398 e. The summed E-state index contributed by atoms with van der Waals surface area (Å²) in [7, 11) is 1.59. The van der Waals surface area contributed by atoms with E-state index in [1.807, 2.05) is 13.8 Å².